The first-order valence-corrected chi connectivity index (χ1v) is 8.55. The fraction of sp³-hybridized carbons (Fsp3) is 0.211. The van der Waals surface area contributed by atoms with Gasteiger partial charge < -0.3 is 19.5 Å². The molecular weight excluding hydrogens is 386 g/mol. The third-order valence-electron chi connectivity index (χ3n) is 3.59. The predicted octanol–water partition coefficient (Wildman–Crippen LogP) is 3.36. The van der Waals surface area contributed by atoms with Gasteiger partial charge in [0, 0.05) is 5.69 Å². The van der Waals surface area contributed by atoms with Gasteiger partial charge in [0.1, 0.15) is 0 Å². The number of nitrogens with one attached hydrogen (secondary N) is 2. The van der Waals surface area contributed by atoms with Crippen LogP contribution in [0.4, 0.5) is 10.5 Å². The molecule has 8 nitrogen and oxygen atoms in total. The van der Waals surface area contributed by atoms with Crippen molar-refractivity contribution in [3.05, 3.63) is 52.5 Å². The summed E-state index contributed by atoms with van der Waals surface area (Å²) in [7, 11) is 2.69. The summed E-state index contributed by atoms with van der Waals surface area (Å²) in [6.07, 6.45) is 1.40. The second kappa shape index (κ2) is 10.2. The minimum Gasteiger partial charge on any atom is -0.493 e. The van der Waals surface area contributed by atoms with Crippen LogP contribution in [-0.4, -0.2) is 39.0 Å². The number of ether oxygens (including phenoxy) is 3. The van der Waals surface area contributed by atoms with Crippen molar-refractivity contribution in [3.8, 4) is 11.5 Å². The number of amides is 2. The maximum absolute atomic E-state index is 11.9. The second-order valence-electron chi connectivity index (χ2n) is 5.54. The monoisotopic (exact) mass is 405 g/mol. The Morgan fingerprint density at radius 1 is 1.21 bits per heavy atom. The highest BCUT2D eigenvalue weighted by Crippen LogP contribution is 2.36. The van der Waals surface area contributed by atoms with Gasteiger partial charge in [0.05, 0.1) is 25.5 Å². The number of anilines is 1. The molecule has 9 heteroatoms. The minimum atomic E-state index is -0.548. The number of carbonyl (C=O) groups is 2. The Labute approximate surface area is 167 Å². The zero-order chi connectivity index (χ0) is 20.5. The van der Waals surface area contributed by atoms with E-state index in [1.807, 2.05) is 25.1 Å². The Balaban J connectivity index is 2.03. The lowest BCUT2D eigenvalue weighted by molar-refractivity contribution is -0.142. The van der Waals surface area contributed by atoms with E-state index >= 15 is 0 Å². The number of esters is 1. The van der Waals surface area contributed by atoms with Crippen LogP contribution < -0.4 is 20.2 Å². The van der Waals surface area contributed by atoms with Gasteiger partial charge in [0.2, 0.25) is 0 Å². The predicted molar refractivity (Wildman–Crippen MR) is 106 cm³/mol. The summed E-state index contributed by atoms with van der Waals surface area (Å²) >= 11 is 6.19. The topological polar surface area (TPSA) is 98.3 Å². The molecule has 0 heterocycles. The third kappa shape index (κ3) is 5.88. The number of aryl methyl sites for hydroxylation is 1. The lowest BCUT2D eigenvalue weighted by atomic mass is 10.2. The molecular formula is C19H20ClN3O5. The van der Waals surface area contributed by atoms with E-state index in [-0.39, 0.29) is 17.4 Å². The highest BCUT2D eigenvalue weighted by atomic mass is 35.5. The molecule has 2 aromatic carbocycles. The first kappa shape index (κ1) is 21.0. The van der Waals surface area contributed by atoms with Crippen molar-refractivity contribution in [1.29, 1.82) is 0 Å². The number of rotatable bonds is 7. The zero-order valence-corrected chi connectivity index (χ0v) is 16.4. The number of halogens is 1. The lowest BCUT2D eigenvalue weighted by Gasteiger charge is -2.12. The molecule has 28 heavy (non-hydrogen) atoms. The molecule has 2 aromatic rings. The van der Waals surface area contributed by atoms with Crippen LogP contribution in [-0.2, 0) is 9.53 Å². The quantitative estimate of drug-likeness (QED) is 0.418. The first-order chi connectivity index (χ1) is 13.4. The number of methoxy groups -OCH3 is 2. The molecule has 2 N–H and O–H groups in total. The van der Waals surface area contributed by atoms with Crippen molar-refractivity contribution in [1.82, 2.24) is 5.43 Å². The summed E-state index contributed by atoms with van der Waals surface area (Å²) in [5.41, 5.74) is 4.55. The highest BCUT2D eigenvalue weighted by Gasteiger charge is 2.13. The molecule has 2 amide bonds. The van der Waals surface area contributed by atoms with Gasteiger partial charge in [-0.15, -0.1) is 0 Å². The van der Waals surface area contributed by atoms with Crippen LogP contribution >= 0.6 is 11.6 Å². The van der Waals surface area contributed by atoms with Crippen molar-refractivity contribution < 1.29 is 23.8 Å². The largest absolute Gasteiger partial charge is 0.493 e. The van der Waals surface area contributed by atoms with E-state index in [1.165, 1.54) is 20.4 Å². The van der Waals surface area contributed by atoms with Gasteiger partial charge >= 0.3 is 12.0 Å². The van der Waals surface area contributed by atoms with Crippen molar-refractivity contribution >= 4 is 35.5 Å². The van der Waals surface area contributed by atoms with Gasteiger partial charge in [-0.25, -0.2) is 15.0 Å². The average Bonchev–Trinajstić information content (AvgIpc) is 2.68. The molecule has 148 valence electrons. The van der Waals surface area contributed by atoms with Gasteiger partial charge in [-0.1, -0.05) is 29.8 Å². The van der Waals surface area contributed by atoms with Crippen LogP contribution in [0.1, 0.15) is 11.1 Å². The molecule has 0 aliphatic rings. The molecule has 0 bridgehead atoms. The van der Waals surface area contributed by atoms with Crippen LogP contribution in [0.5, 0.6) is 11.5 Å². The molecule has 0 unspecified atom stereocenters. The molecule has 0 aliphatic heterocycles. The van der Waals surface area contributed by atoms with E-state index in [9.17, 15) is 9.59 Å². The number of para-hydroxylation sites is 1. The molecule has 0 aliphatic carbocycles. The average molecular weight is 406 g/mol. The van der Waals surface area contributed by atoms with Gasteiger partial charge in [-0.2, -0.15) is 5.10 Å². The van der Waals surface area contributed by atoms with Gasteiger partial charge in [-0.05, 0) is 36.2 Å². The van der Waals surface area contributed by atoms with E-state index in [1.54, 1.807) is 18.2 Å². The van der Waals surface area contributed by atoms with Gasteiger partial charge in [0.15, 0.2) is 18.1 Å². The van der Waals surface area contributed by atoms with Crippen molar-refractivity contribution in [2.24, 2.45) is 5.10 Å². The maximum Gasteiger partial charge on any atom is 0.343 e. The van der Waals surface area contributed by atoms with E-state index in [2.05, 4.69) is 20.6 Å². The number of hydrogen-bond acceptors (Lipinski definition) is 6. The summed E-state index contributed by atoms with van der Waals surface area (Å²) < 4.78 is 15.1. The molecule has 0 saturated heterocycles. The number of hydrogen-bond donors (Lipinski definition) is 2. The number of benzene rings is 2. The standard InChI is InChI=1S/C19H20ClN3O5/c1-12-6-4-5-7-15(12)22-19(25)23-21-10-13-8-14(20)18(16(9-13)26-2)28-11-17(24)27-3/h4-10H,11H2,1-3H3,(H2,22,23,25). The Kier molecular flexibility index (Phi) is 7.65. The SMILES string of the molecule is COC(=O)COc1c(Cl)cc(C=NNC(=O)Nc2ccccc2C)cc1OC. The number of nitrogens with zero attached hydrogens (tertiary/aromatic N) is 1. The first-order valence-electron chi connectivity index (χ1n) is 8.17. The summed E-state index contributed by atoms with van der Waals surface area (Å²) in [4.78, 5) is 23.1. The summed E-state index contributed by atoms with van der Waals surface area (Å²) in [6, 6.07) is 10.1. The normalized spacial score (nSPS) is 10.4. The van der Waals surface area contributed by atoms with Crippen LogP contribution in [0.2, 0.25) is 5.02 Å². The van der Waals surface area contributed by atoms with E-state index < -0.39 is 12.0 Å². The molecule has 2 rings (SSSR count). The molecule has 0 aromatic heterocycles. The Hall–Kier alpha value is -3.26. The van der Waals surface area contributed by atoms with Crippen molar-refractivity contribution in [2.45, 2.75) is 6.92 Å². The van der Waals surface area contributed by atoms with Crippen molar-refractivity contribution in [2.75, 3.05) is 26.1 Å². The fourth-order valence-corrected chi connectivity index (χ4v) is 2.45. The minimum absolute atomic E-state index is 0.206. The number of urea groups is 1. The number of hydrazone groups is 1. The van der Waals surface area contributed by atoms with Crippen LogP contribution in [0, 0.1) is 6.92 Å². The maximum atomic E-state index is 11.9. The lowest BCUT2D eigenvalue weighted by Crippen LogP contribution is -2.24. The Morgan fingerprint density at radius 3 is 2.64 bits per heavy atom. The smallest absolute Gasteiger partial charge is 0.343 e. The van der Waals surface area contributed by atoms with E-state index in [0.717, 1.165) is 5.56 Å². The molecule has 0 radical (unpaired) electrons. The fourth-order valence-electron chi connectivity index (χ4n) is 2.17. The highest BCUT2D eigenvalue weighted by molar-refractivity contribution is 6.32. The van der Waals surface area contributed by atoms with E-state index in [4.69, 9.17) is 21.1 Å². The Bertz CT molecular complexity index is 886. The summed E-state index contributed by atoms with van der Waals surface area (Å²) in [5.74, 6) is -0.0354. The van der Waals surface area contributed by atoms with Gasteiger partial charge in [-0.3, -0.25) is 0 Å². The Morgan fingerprint density at radius 2 is 1.96 bits per heavy atom. The summed E-state index contributed by atoms with van der Waals surface area (Å²) in [5, 5.41) is 6.80. The molecule has 0 fully saturated rings. The molecule has 0 spiro atoms. The van der Waals surface area contributed by atoms with Crippen LogP contribution in [0.25, 0.3) is 0 Å². The van der Waals surface area contributed by atoms with Crippen molar-refractivity contribution in [3.63, 3.8) is 0 Å². The molecule has 0 atom stereocenters. The second-order valence-corrected chi connectivity index (χ2v) is 5.95. The zero-order valence-electron chi connectivity index (χ0n) is 15.6. The van der Waals surface area contributed by atoms with Gasteiger partial charge in [0.25, 0.3) is 0 Å². The van der Waals surface area contributed by atoms with Crippen LogP contribution in [0.15, 0.2) is 41.5 Å². The molecule has 0 saturated carbocycles. The van der Waals surface area contributed by atoms with Crippen LogP contribution in [0.3, 0.4) is 0 Å². The van der Waals surface area contributed by atoms with E-state index in [0.29, 0.717) is 17.0 Å². The number of carbonyl (C=O) groups excluding carboxylic acids is 2. The summed E-state index contributed by atoms with van der Waals surface area (Å²) in [6.45, 7) is 1.58. The third-order valence-corrected chi connectivity index (χ3v) is 3.87.